The minimum absolute atomic E-state index is 0.00612. The van der Waals surface area contributed by atoms with E-state index in [0.29, 0.717) is 18.9 Å². The molecule has 0 saturated carbocycles. The highest BCUT2D eigenvalue weighted by Gasteiger charge is 2.19. The predicted octanol–water partition coefficient (Wildman–Crippen LogP) is 3.38. The normalized spacial score (nSPS) is 14.6. The summed E-state index contributed by atoms with van der Waals surface area (Å²) in [6, 6.07) is 5.70. The van der Waals surface area contributed by atoms with Gasteiger partial charge in [-0.05, 0) is 40.0 Å². The third kappa shape index (κ3) is 6.32. The molecule has 174 valence electrons. The van der Waals surface area contributed by atoms with Crippen LogP contribution in [0.3, 0.4) is 0 Å². The van der Waals surface area contributed by atoms with Gasteiger partial charge in [-0.1, -0.05) is 13.8 Å². The van der Waals surface area contributed by atoms with E-state index in [1.54, 1.807) is 17.8 Å². The van der Waals surface area contributed by atoms with Crippen LogP contribution in [-0.4, -0.2) is 70.7 Å². The first-order valence-corrected chi connectivity index (χ1v) is 11.8. The van der Waals surface area contributed by atoms with Crippen molar-refractivity contribution < 1.29 is 14.3 Å². The van der Waals surface area contributed by atoms with Crippen molar-refractivity contribution in [1.29, 1.82) is 0 Å². The molecule has 1 fully saturated rings. The van der Waals surface area contributed by atoms with Gasteiger partial charge in [-0.25, -0.2) is 0 Å². The fraction of sp³-hybridized carbons (Fsp3) is 0.522. The summed E-state index contributed by atoms with van der Waals surface area (Å²) in [7, 11) is 1.88. The Kier molecular flexibility index (Phi) is 8.31. The van der Waals surface area contributed by atoms with Crippen LogP contribution in [0.25, 0.3) is 11.3 Å². The number of benzene rings is 1. The Balaban J connectivity index is 1.71. The van der Waals surface area contributed by atoms with E-state index in [2.05, 4.69) is 31.2 Å². The summed E-state index contributed by atoms with van der Waals surface area (Å²) < 4.78 is 8.82. The van der Waals surface area contributed by atoms with E-state index in [0.717, 1.165) is 59.9 Å². The molecule has 0 radical (unpaired) electrons. The zero-order valence-corrected chi connectivity index (χ0v) is 20.8. The lowest BCUT2D eigenvalue weighted by Gasteiger charge is -2.34. The Morgan fingerprint density at radius 2 is 1.94 bits per heavy atom. The fourth-order valence-corrected chi connectivity index (χ4v) is 4.35. The van der Waals surface area contributed by atoms with Crippen molar-refractivity contribution in [3.8, 4) is 17.0 Å². The van der Waals surface area contributed by atoms with Crippen molar-refractivity contribution in [3.63, 3.8) is 0 Å². The molecule has 1 aliphatic rings. The van der Waals surface area contributed by atoms with Crippen molar-refractivity contribution in [3.05, 3.63) is 28.9 Å². The van der Waals surface area contributed by atoms with E-state index in [-0.39, 0.29) is 11.8 Å². The van der Waals surface area contributed by atoms with Crippen LogP contribution in [0.1, 0.15) is 27.2 Å². The first-order chi connectivity index (χ1) is 15.2. The maximum absolute atomic E-state index is 12.3. The summed E-state index contributed by atoms with van der Waals surface area (Å²) in [5.41, 5.74) is 2.47. The Labute approximate surface area is 198 Å². The molecule has 0 bridgehead atoms. The molecule has 1 N–H and O–H groups in total. The molecule has 1 aromatic heterocycles. The second-order valence-corrected chi connectivity index (χ2v) is 9.37. The summed E-state index contributed by atoms with van der Waals surface area (Å²) in [5.74, 6) is 1.15. The number of piperazine rings is 1. The van der Waals surface area contributed by atoms with Gasteiger partial charge in [0.2, 0.25) is 11.8 Å². The van der Waals surface area contributed by atoms with Gasteiger partial charge in [0.15, 0.2) is 0 Å². The first kappa shape index (κ1) is 24.3. The summed E-state index contributed by atoms with van der Waals surface area (Å²) in [6.45, 7) is 10.2. The van der Waals surface area contributed by atoms with Crippen molar-refractivity contribution in [2.24, 2.45) is 13.0 Å². The van der Waals surface area contributed by atoms with E-state index in [1.807, 2.05) is 44.0 Å². The number of nitrogens with one attached hydrogen (secondary N) is 1. The second-order valence-electron chi connectivity index (χ2n) is 8.52. The minimum atomic E-state index is -0.00612. The molecule has 2 aromatic rings. The maximum Gasteiger partial charge on any atom is 0.224 e. The molecule has 0 spiro atoms. The standard InChI is InChI=1S/C23H32BrN5O3/c1-16(2)13-22(31)26-18-5-6-21(19(14-18)23-20(24)15-25-27(23)4)32-12-11-28-7-9-29(10-8-28)17(3)30/h5-6,14-16H,7-13H2,1-4H3,(H,26,31). The molecule has 3 rings (SSSR count). The van der Waals surface area contributed by atoms with Crippen molar-refractivity contribution in [2.45, 2.75) is 27.2 Å². The van der Waals surface area contributed by atoms with E-state index < -0.39 is 0 Å². The van der Waals surface area contributed by atoms with Crippen molar-refractivity contribution in [1.82, 2.24) is 19.6 Å². The van der Waals surface area contributed by atoms with Crippen LogP contribution in [0.4, 0.5) is 5.69 Å². The Bertz CT molecular complexity index is 932. The molecule has 1 saturated heterocycles. The van der Waals surface area contributed by atoms with E-state index in [1.165, 1.54) is 0 Å². The number of nitrogens with zero attached hydrogens (tertiary/aromatic N) is 4. The van der Waals surface area contributed by atoms with Gasteiger partial charge in [0.05, 0.1) is 16.4 Å². The van der Waals surface area contributed by atoms with Gasteiger partial charge in [-0.15, -0.1) is 0 Å². The summed E-state index contributed by atoms with van der Waals surface area (Å²) in [6.07, 6.45) is 2.22. The lowest BCUT2D eigenvalue weighted by atomic mass is 10.1. The van der Waals surface area contributed by atoms with Crippen LogP contribution in [0, 0.1) is 5.92 Å². The van der Waals surface area contributed by atoms with Crippen LogP contribution in [-0.2, 0) is 16.6 Å². The molecule has 0 aliphatic carbocycles. The second kappa shape index (κ2) is 11.0. The van der Waals surface area contributed by atoms with E-state index >= 15 is 0 Å². The number of aromatic nitrogens is 2. The van der Waals surface area contributed by atoms with Crippen LogP contribution >= 0.6 is 15.9 Å². The van der Waals surface area contributed by atoms with Gasteiger partial charge in [0, 0.05) is 64.4 Å². The number of carbonyl (C=O) groups is 2. The number of rotatable bonds is 8. The van der Waals surface area contributed by atoms with Crippen LogP contribution in [0.5, 0.6) is 5.75 Å². The molecule has 1 aliphatic heterocycles. The predicted molar refractivity (Wildman–Crippen MR) is 129 cm³/mol. The van der Waals surface area contributed by atoms with Gasteiger partial charge in [0.1, 0.15) is 12.4 Å². The third-order valence-electron chi connectivity index (χ3n) is 5.49. The Hall–Kier alpha value is -2.39. The first-order valence-electron chi connectivity index (χ1n) is 11.0. The number of carbonyl (C=O) groups excluding carboxylic acids is 2. The average molecular weight is 506 g/mol. The van der Waals surface area contributed by atoms with Crippen LogP contribution in [0.15, 0.2) is 28.9 Å². The van der Waals surface area contributed by atoms with Gasteiger partial charge in [-0.3, -0.25) is 19.2 Å². The summed E-state index contributed by atoms with van der Waals surface area (Å²) >= 11 is 3.58. The smallest absolute Gasteiger partial charge is 0.224 e. The topological polar surface area (TPSA) is 79.7 Å². The Morgan fingerprint density at radius 1 is 1.22 bits per heavy atom. The number of hydrogen-bond donors (Lipinski definition) is 1. The van der Waals surface area contributed by atoms with Crippen molar-refractivity contribution in [2.75, 3.05) is 44.6 Å². The molecule has 32 heavy (non-hydrogen) atoms. The number of anilines is 1. The summed E-state index contributed by atoms with van der Waals surface area (Å²) in [5, 5.41) is 7.31. The van der Waals surface area contributed by atoms with Crippen molar-refractivity contribution >= 4 is 33.4 Å². The molecule has 8 nitrogen and oxygen atoms in total. The van der Waals surface area contributed by atoms with E-state index in [9.17, 15) is 9.59 Å². The maximum atomic E-state index is 12.3. The lowest BCUT2D eigenvalue weighted by Crippen LogP contribution is -2.48. The Morgan fingerprint density at radius 3 is 2.53 bits per heavy atom. The number of aryl methyl sites for hydroxylation is 1. The monoisotopic (exact) mass is 505 g/mol. The zero-order valence-electron chi connectivity index (χ0n) is 19.2. The molecule has 2 heterocycles. The number of amides is 2. The van der Waals surface area contributed by atoms with Crippen LogP contribution < -0.4 is 10.1 Å². The van der Waals surface area contributed by atoms with E-state index in [4.69, 9.17) is 4.74 Å². The van der Waals surface area contributed by atoms with Gasteiger partial charge >= 0.3 is 0 Å². The summed E-state index contributed by atoms with van der Waals surface area (Å²) in [4.78, 5) is 27.9. The quantitative estimate of drug-likeness (QED) is 0.594. The number of ether oxygens (including phenoxy) is 1. The number of hydrogen-bond acceptors (Lipinski definition) is 5. The van der Waals surface area contributed by atoms with Gasteiger partial charge in [0.25, 0.3) is 0 Å². The highest BCUT2D eigenvalue weighted by molar-refractivity contribution is 9.10. The third-order valence-corrected chi connectivity index (χ3v) is 6.07. The molecular weight excluding hydrogens is 474 g/mol. The molecule has 1 aromatic carbocycles. The SMILES string of the molecule is CC(=O)N1CCN(CCOc2ccc(NC(=O)CC(C)C)cc2-c2c(Br)cnn2C)CC1. The molecular formula is C23H32BrN5O3. The largest absolute Gasteiger partial charge is 0.492 e. The van der Waals surface area contributed by atoms with Gasteiger partial charge < -0.3 is 15.0 Å². The zero-order chi connectivity index (χ0) is 23.3. The minimum Gasteiger partial charge on any atom is -0.492 e. The average Bonchev–Trinajstić information content (AvgIpc) is 3.06. The van der Waals surface area contributed by atoms with Crippen LogP contribution in [0.2, 0.25) is 0 Å². The van der Waals surface area contributed by atoms with Gasteiger partial charge in [-0.2, -0.15) is 5.10 Å². The molecule has 9 heteroatoms. The highest BCUT2D eigenvalue weighted by Crippen LogP contribution is 2.36. The highest BCUT2D eigenvalue weighted by atomic mass is 79.9. The lowest BCUT2D eigenvalue weighted by molar-refractivity contribution is -0.130. The molecule has 0 atom stereocenters. The number of halogens is 1. The molecule has 2 amide bonds. The molecule has 0 unspecified atom stereocenters. The fourth-order valence-electron chi connectivity index (χ4n) is 3.79.